The molecule has 23 heavy (non-hydrogen) atoms. The summed E-state index contributed by atoms with van der Waals surface area (Å²) >= 11 is 0. The Kier molecular flexibility index (Phi) is 4.93. The molecule has 2 amide bonds. The molecule has 1 aromatic rings. The van der Waals surface area contributed by atoms with E-state index in [1.165, 1.54) is 6.92 Å². The zero-order valence-corrected chi connectivity index (χ0v) is 13.4. The van der Waals surface area contributed by atoms with Crippen LogP contribution < -0.4 is 10.1 Å². The van der Waals surface area contributed by atoms with Crippen LogP contribution in [0.5, 0.6) is 5.75 Å². The van der Waals surface area contributed by atoms with Crippen LogP contribution in [0.1, 0.15) is 47.7 Å². The number of carbonyl (C=O) groups excluding carboxylic acids is 4. The number of carbonyl (C=O) groups is 4. The van der Waals surface area contributed by atoms with Gasteiger partial charge >= 0.3 is 5.97 Å². The summed E-state index contributed by atoms with van der Waals surface area (Å²) in [5, 5.41) is 2.22. The van der Waals surface area contributed by atoms with Crippen molar-refractivity contribution in [3.63, 3.8) is 0 Å². The number of Topliss-reactive ketones (excluding diaryl/α,β-unsaturated/α-hetero) is 1. The van der Waals surface area contributed by atoms with Gasteiger partial charge < -0.3 is 4.74 Å². The molecule has 0 spiro atoms. The van der Waals surface area contributed by atoms with Crippen LogP contribution in [0.3, 0.4) is 0 Å². The molecule has 0 saturated carbocycles. The molecule has 1 N–H and O–H groups in total. The lowest BCUT2D eigenvalue weighted by Gasteiger charge is -2.21. The molecule has 0 bridgehead atoms. The highest BCUT2D eigenvalue weighted by molar-refractivity contribution is 6.02. The SMILES string of the molecule is CC(=O)Oc1c(C)cc(C)cc1C(=O)CC1CC(=O)NC(=O)C1. The predicted molar refractivity (Wildman–Crippen MR) is 82.0 cm³/mol. The van der Waals surface area contributed by atoms with Crippen molar-refractivity contribution in [2.45, 2.75) is 40.0 Å². The van der Waals surface area contributed by atoms with Crippen molar-refractivity contribution in [3.05, 3.63) is 28.8 Å². The lowest BCUT2D eigenvalue weighted by molar-refractivity contribution is -0.135. The fraction of sp³-hybridized carbons (Fsp3) is 0.412. The lowest BCUT2D eigenvalue weighted by atomic mass is 9.89. The monoisotopic (exact) mass is 317 g/mol. The maximum absolute atomic E-state index is 12.6. The van der Waals surface area contributed by atoms with Gasteiger partial charge in [-0.05, 0) is 37.0 Å². The third-order valence-electron chi connectivity index (χ3n) is 3.67. The van der Waals surface area contributed by atoms with Gasteiger partial charge in [-0.3, -0.25) is 24.5 Å². The number of rotatable bonds is 4. The molecule has 1 fully saturated rings. The van der Waals surface area contributed by atoms with Gasteiger partial charge in [-0.25, -0.2) is 0 Å². The van der Waals surface area contributed by atoms with Crippen LogP contribution >= 0.6 is 0 Å². The van der Waals surface area contributed by atoms with E-state index >= 15 is 0 Å². The van der Waals surface area contributed by atoms with Crippen molar-refractivity contribution in [1.29, 1.82) is 0 Å². The van der Waals surface area contributed by atoms with E-state index in [1.807, 2.05) is 13.0 Å². The van der Waals surface area contributed by atoms with Gasteiger partial charge in [-0.1, -0.05) is 6.07 Å². The first-order chi connectivity index (χ1) is 10.8. The molecule has 0 atom stereocenters. The largest absolute Gasteiger partial charge is 0.426 e. The fourth-order valence-corrected chi connectivity index (χ4v) is 2.81. The van der Waals surface area contributed by atoms with E-state index in [0.717, 1.165) is 5.56 Å². The van der Waals surface area contributed by atoms with Gasteiger partial charge in [0.25, 0.3) is 0 Å². The summed E-state index contributed by atoms with van der Waals surface area (Å²) in [5.74, 6) is -1.53. The molecule has 122 valence electrons. The van der Waals surface area contributed by atoms with Crippen LogP contribution in [-0.4, -0.2) is 23.6 Å². The Hall–Kier alpha value is -2.50. The maximum Gasteiger partial charge on any atom is 0.308 e. The first-order valence-corrected chi connectivity index (χ1v) is 7.41. The number of nitrogens with one attached hydrogen (secondary N) is 1. The molecular weight excluding hydrogens is 298 g/mol. The summed E-state index contributed by atoms with van der Waals surface area (Å²) in [6, 6.07) is 3.49. The van der Waals surface area contributed by atoms with Gasteiger partial charge in [0.1, 0.15) is 5.75 Å². The molecule has 0 radical (unpaired) electrons. The molecule has 1 aliphatic heterocycles. The van der Waals surface area contributed by atoms with Crippen molar-refractivity contribution < 1.29 is 23.9 Å². The summed E-state index contributed by atoms with van der Waals surface area (Å²) in [7, 11) is 0. The Morgan fingerprint density at radius 1 is 1.17 bits per heavy atom. The minimum Gasteiger partial charge on any atom is -0.426 e. The third kappa shape index (κ3) is 4.25. The number of aryl methyl sites for hydroxylation is 2. The molecule has 1 heterocycles. The van der Waals surface area contributed by atoms with E-state index in [0.29, 0.717) is 11.1 Å². The minimum atomic E-state index is -0.502. The second kappa shape index (κ2) is 6.73. The second-order valence-electron chi connectivity index (χ2n) is 5.93. The van der Waals surface area contributed by atoms with Crippen molar-refractivity contribution in [3.8, 4) is 5.75 Å². The van der Waals surface area contributed by atoms with Crippen molar-refractivity contribution in [2.24, 2.45) is 5.92 Å². The van der Waals surface area contributed by atoms with Crippen LogP contribution in [0.25, 0.3) is 0 Å². The highest BCUT2D eigenvalue weighted by atomic mass is 16.5. The van der Waals surface area contributed by atoms with Gasteiger partial charge in [-0.15, -0.1) is 0 Å². The first kappa shape index (κ1) is 16.9. The topological polar surface area (TPSA) is 89.5 Å². The summed E-state index contributed by atoms with van der Waals surface area (Å²) < 4.78 is 5.18. The molecule has 0 aliphatic carbocycles. The van der Waals surface area contributed by atoms with E-state index in [2.05, 4.69) is 5.32 Å². The number of ether oxygens (including phenoxy) is 1. The second-order valence-corrected chi connectivity index (χ2v) is 5.93. The summed E-state index contributed by atoms with van der Waals surface area (Å²) in [4.78, 5) is 46.7. The molecule has 0 unspecified atom stereocenters. The third-order valence-corrected chi connectivity index (χ3v) is 3.67. The molecule has 6 heteroatoms. The number of esters is 1. The average molecular weight is 317 g/mol. The Morgan fingerprint density at radius 2 is 1.78 bits per heavy atom. The Morgan fingerprint density at radius 3 is 2.35 bits per heavy atom. The molecule has 1 saturated heterocycles. The van der Waals surface area contributed by atoms with Crippen molar-refractivity contribution >= 4 is 23.6 Å². The number of benzene rings is 1. The number of imide groups is 1. The number of ketones is 1. The van der Waals surface area contributed by atoms with Crippen LogP contribution in [0.4, 0.5) is 0 Å². The van der Waals surface area contributed by atoms with Gasteiger partial charge in [0.05, 0.1) is 5.56 Å². The summed E-state index contributed by atoms with van der Waals surface area (Å²) in [6.07, 6.45) is 0.354. The normalized spacial score (nSPS) is 15.3. The van der Waals surface area contributed by atoms with E-state index < -0.39 is 5.97 Å². The van der Waals surface area contributed by atoms with Crippen molar-refractivity contribution in [1.82, 2.24) is 5.32 Å². The van der Waals surface area contributed by atoms with Gasteiger partial charge in [0.2, 0.25) is 11.8 Å². The standard InChI is InChI=1S/C17H19NO5/c1-9-4-10(2)17(23-11(3)19)13(5-9)14(20)6-12-7-15(21)18-16(22)8-12/h4-5,12H,6-8H2,1-3H3,(H,18,21,22). The molecule has 6 nitrogen and oxygen atoms in total. The number of amides is 2. The Bertz CT molecular complexity index is 676. The van der Waals surface area contributed by atoms with Gasteiger partial charge in [-0.2, -0.15) is 0 Å². The van der Waals surface area contributed by atoms with E-state index in [1.54, 1.807) is 13.0 Å². The van der Waals surface area contributed by atoms with Crippen LogP contribution in [0.15, 0.2) is 12.1 Å². The lowest BCUT2D eigenvalue weighted by Crippen LogP contribution is -2.39. The smallest absolute Gasteiger partial charge is 0.308 e. The maximum atomic E-state index is 12.6. The summed E-state index contributed by atoms with van der Waals surface area (Å²) in [5.41, 5.74) is 1.89. The van der Waals surface area contributed by atoms with E-state index in [4.69, 9.17) is 4.74 Å². The molecule has 1 aliphatic rings. The summed E-state index contributed by atoms with van der Waals surface area (Å²) in [6.45, 7) is 4.89. The van der Waals surface area contributed by atoms with Gasteiger partial charge in [0, 0.05) is 26.2 Å². The average Bonchev–Trinajstić information content (AvgIpc) is 2.39. The van der Waals surface area contributed by atoms with E-state index in [-0.39, 0.29) is 48.5 Å². The quantitative estimate of drug-likeness (QED) is 0.396. The molecule has 1 aromatic carbocycles. The fourth-order valence-electron chi connectivity index (χ4n) is 2.81. The zero-order chi connectivity index (χ0) is 17.1. The van der Waals surface area contributed by atoms with Crippen LogP contribution in [-0.2, 0) is 14.4 Å². The van der Waals surface area contributed by atoms with Crippen LogP contribution in [0.2, 0.25) is 0 Å². The Labute approximate surface area is 134 Å². The Balaban J connectivity index is 2.26. The van der Waals surface area contributed by atoms with E-state index in [9.17, 15) is 19.2 Å². The van der Waals surface area contributed by atoms with Gasteiger partial charge in [0.15, 0.2) is 5.78 Å². The highest BCUT2D eigenvalue weighted by Crippen LogP contribution is 2.29. The first-order valence-electron chi connectivity index (χ1n) is 7.41. The number of hydrogen-bond acceptors (Lipinski definition) is 5. The molecule has 0 aromatic heterocycles. The number of hydrogen-bond donors (Lipinski definition) is 1. The van der Waals surface area contributed by atoms with Crippen LogP contribution in [0, 0.1) is 19.8 Å². The minimum absolute atomic E-state index is 0.0658. The molecular formula is C17H19NO5. The molecule has 2 rings (SSSR count). The highest BCUT2D eigenvalue weighted by Gasteiger charge is 2.28. The van der Waals surface area contributed by atoms with Crippen molar-refractivity contribution in [2.75, 3.05) is 0 Å². The number of piperidine rings is 1. The predicted octanol–water partition coefficient (Wildman–Crippen LogP) is 1.85. The zero-order valence-electron chi connectivity index (χ0n) is 13.4.